The van der Waals surface area contributed by atoms with Crippen LogP contribution in [0.4, 0.5) is 0 Å². The van der Waals surface area contributed by atoms with Crippen molar-refractivity contribution in [3.05, 3.63) is 0 Å². The Kier molecular flexibility index (Phi) is 14.4. The molecule has 3 unspecified atom stereocenters. The maximum absolute atomic E-state index is 11.5. The molecule has 3 rings (SSSR count). The highest BCUT2D eigenvalue weighted by Gasteiger charge is 2.23. The average molecular weight is 466 g/mol. The normalized spacial score (nSPS) is 22.0. The molecular formula is C27H51N3O3. The maximum Gasteiger partial charge on any atom is 0.222 e. The Hall–Kier alpha value is -1.59. The predicted octanol–water partition coefficient (Wildman–Crippen LogP) is 5.39. The monoisotopic (exact) mass is 465 g/mol. The van der Waals surface area contributed by atoms with Gasteiger partial charge >= 0.3 is 0 Å². The van der Waals surface area contributed by atoms with Crippen molar-refractivity contribution < 1.29 is 14.4 Å². The van der Waals surface area contributed by atoms with E-state index in [4.69, 9.17) is 0 Å². The Bertz CT molecular complexity index is 595. The Morgan fingerprint density at radius 1 is 0.515 bits per heavy atom. The molecule has 3 aliphatic heterocycles. The van der Waals surface area contributed by atoms with Gasteiger partial charge in [0.15, 0.2) is 0 Å². The van der Waals surface area contributed by atoms with E-state index >= 15 is 0 Å². The highest BCUT2D eigenvalue weighted by molar-refractivity contribution is 5.78. The summed E-state index contributed by atoms with van der Waals surface area (Å²) in [6.45, 7) is 15.7. The molecule has 3 atom stereocenters. The van der Waals surface area contributed by atoms with Crippen LogP contribution in [0.15, 0.2) is 0 Å². The van der Waals surface area contributed by atoms with Gasteiger partial charge in [0.05, 0.1) is 0 Å². The van der Waals surface area contributed by atoms with E-state index in [9.17, 15) is 14.4 Å². The van der Waals surface area contributed by atoms with Gasteiger partial charge in [0.25, 0.3) is 0 Å². The van der Waals surface area contributed by atoms with E-state index < -0.39 is 0 Å². The first-order chi connectivity index (χ1) is 15.8. The first-order valence-corrected chi connectivity index (χ1v) is 13.6. The van der Waals surface area contributed by atoms with Gasteiger partial charge in [0.2, 0.25) is 17.7 Å². The Balaban J connectivity index is 0.000000249. The zero-order chi connectivity index (χ0) is 24.8. The molecule has 3 saturated heterocycles. The second-order valence-electron chi connectivity index (χ2n) is 9.90. The molecule has 0 aliphatic carbocycles. The molecule has 192 valence electrons. The second-order valence-corrected chi connectivity index (χ2v) is 9.90. The summed E-state index contributed by atoms with van der Waals surface area (Å²) in [6.07, 6.45) is 12.4. The summed E-state index contributed by atoms with van der Waals surface area (Å²) in [5.74, 6) is 1.06. The Morgan fingerprint density at radius 2 is 0.818 bits per heavy atom. The highest BCUT2D eigenvalue weighted by atomic mass is 16.2. The number of likely N-dealkylation sites (tertiary alicyclic amines) is 3. The third-order valence-corrected chi connectivity index (χ3v) is 7.45. The van der Waals surface area contributed by atoms with Crippen molar-refractivity contribution in [3.63, 3.8) is 0 Å². The van der Waals surface area contributed by atoms with Gasteiger partial charge in [-0.25, -0.2) is 0 Å². The minimum absolute atomic E-state index is 0.342. The number of hydrogen-bond donors (Lipinski definition) is 0. The molecule has 0 aromatic rings. The van der Waals surface area contributed by atoms with Crippen LogP contribution in [0.3, 0.4) is 0 Å². The summed E-state index contributed by atoms with van der Waals surface area (Å²) in [6, 6.07) is 1.34. The molecular weight excluding hydrogens is 414 g/mol. The van der Waals surface area contributed by atoms with Crippen molar-refractivity contribution in [1.82, 2.24) is 14.7 Å². The van der Waals surface area contributed by atoms with Gasteiger partial charge in [0.1, 0.15) is 0 Å². The first kappa shape index (κ1) is 29.4. The summed E-state index contributed by atoms with van der Waals surface area (Å²) >= 11 is 0. The average Bonchev–Trinajstić information content (AvgIpc) is 3.14. The lowest BCUT2D eigenvalue weighted by atomic mass is 10.1. The van der Waals surface area contributed by atoms with Crippen LogP contribution in [-0.4, -0.2) is 70.2 Å². The van der Waals surface area contributed by atoms with Crippen molar-refractivity contribution in [3.8, 4) is 0 Å². The van der Waals surface area contributed by atoms with Crippen LogP contribution < -0.4 is 0 Å². The lowest BCUT2D eigenvalue weighted by Gasteiger charge is -2.31. The summed E-state index contributed by atoms with van der Waals surface area (Å²) in [5.41, 5.74) is 0. The fourth-order valence-electron chi connectivity index (χ4n) is 4.56. The van der Waals surface area contributed by atoms with Crippen molar-refractivity contribution >= 4 is 17.7 Å². The van der Waals surface area contributed by atoms with Crippen LogP contribution in [0.2, 0.25) is 0 Å². The molecule has 0 radical (unpaired) electrons. The van der Waals surface area contributed by atoms with Crippen LogP contribution in [0.5, 0.6) is 0 Å². The fourth-order valence-corrected chi connectivity index (χ4v) is 4.56. The summed E-state index contributed by atoms with van der Waals surface area (Å²) in [4.78, 5) is 40.0. The molecule has 3 fully saturated rings. The van der Waals surface area contributed by atoms with Gasteiger partial charge in [-0.3, -0.25) is 14.4 Å². The van der Waals surface area contributed by atoms with Crippen LogP contribution >= 0.6 is 0 Å². The molecule has 6 nitrogen and oxygen atoms in total. The molecule has 0 bridgehead atoms. The van der Waals surface area contributed by atoms with E-state index in [1.54, 1.807) is 0 Å². The van der Waals surface area contributed by atoms with Gasteiger partial charge in [-0.1, -0.05) is 27.2 Å². The maximum atomic E-state index is 11.5. The van der Waals surface area contributed by atoms with E-state index in [1.807, 2.05) is 14.7 Å². The smallest absolute Gasteiger partial charge is 0.222 e. The lowest BCUT2D eigenvalue weighted by molar-refractivity contribution is -0.135. The Morgan fingerprint density at radius 3 is 1.18 bits per heavy atom. The molecule has 0 aromatic heterocycles. The van der Waals surface area contributed by atoms with Crippen molar-refractivity contribution in [2.45, 2.75) is 137 Å². The Labute approximate surface area is 203 Å². The molecule has 0 saturated carbocycles. The van der Waals surface area contributed by atoms with Crippen LogP contribution in [0, 0.1) is 0 Å². The van der Waals surface area contributed by atoms with E-state index in [0.717, 1.165) is 77.4 Å². The van der Waals surface area contributed by atoms with Gasteiger partial charge in [-0.05, 0) is 72.1 Å². The molecule has 3 aliphatic rings. The van der Waals surface area contributed by atoms with E-state index in [0.29, 0.717) is 35.8 Å². The molecule has 0 N–H and O–H groups in total. The molecule has 33 heavy (non-hydrogen) atoms. The van der Waals surface area contributed by atoms with Gasteiger partial charge in [-0.2, -0.15) is 0 Å². The van der Waals surface area contributed by atoms with E-state index in [2.05, 4.69) is 41.5 Å². The predicted molar refractivity (Wildman–Crippen MR) is 136 cm³/mol. The molecule has 0 aromatic carbocycles. The fraction of sp³-hybridized carbons (Fsp3) is 0.889. The minimum atomic E-state index is 0.342. The number of carbonyl (C=O) groups is 3. The van der Waals surface area contributed by atoms with Crippen LogP contribution in [0.25, 0.3) is 0 Å². The number of amides is 3. The third kappa shape index (κ3) is 10.1. The minimum Gasteiger partial charge on any atom is -0.340 e. The summed E-state index contributed by atoms with van der Waals surface area (Å²) in [5, 5.41) is 0. The lowest BCUT2D eigenvalue weighted by Crippen LogP contribution is -2.41. The molecule has 3 amide bonds. The number of carbonyl (C=O) groups excluding carboxylic acids is 3. The van der Waals surface area contributed by atoms with E-state index in [1.165, 1.54) is 19.3 Å². The van der Waals surface area contributed by atoms with Gasteiger partial charge in [-0.15, -0.1) is 0 Å². The third-order valence-electron chi connectivity index (χ3n) is 7.45. The quantitative estimate of drug-likeness (QED) is 0.528. The van der Waals surface area contributed by atoms with Gasteiger partial charge < -0.3 is 14.7 Å². The number of nitrogens with zero attached hydrogens (tertiary/aromatic N) is 3. The van der Waals surface area contributed by atoms with Crippen LogP contribution in [-0.2, 0) is 14.4 Å². The van der Waals surface area contributed by atoms with Crippen LogP contribution in [0.1, 0.15) is 119 Å². The van der Waals surface area contributed by atoms with Gasteiger partial charge in [0, 0.05) is 57.0 Å². The zero-order valence-corrected chi connectivity index (χ0v) is 22.4. The highest BCUT2D eigenvalue weighted by Crippen LogP contribution is 2.16. The SMILES string of the molecule is CCC(C)N1CCCC1=O.CCC(C)N1CCCCC1=O.CCC(C)N1CCCCCC1=O. The zero-order valence-electron chi connectivity index (χ0n) is 22.4. The van der Waals surface area contributed by atoms with Crippen molar-refractivity contribution in [1.29, 1.82) is 0 Å². The number of rotatable bonds is 6. The van der Waals surface area contributed by atoms with Crippen molar-refractivity contribution in [2.75, 3.05) is 19.6 Å². The second kappa shape index (κ2) is 16.1. The topological polar surface area (TPSA) is 60.9 Å². The first-order valence-electron chi connectivity index (χ1n) is 13.6. The molecule has 6 heteroatoms. The summed E-state index contributed by atoms with van der Waals surface area (Å²) in [7, 11) is 0. The largest absolute Gasteiger partial charge is 0.340 e. The number of piperidine rings is 1. The number of hydrogen-bond acceptors (Lipinski definition) is 3. The standard InChI is InChI=1S/C10H19NO.C9H17NO.C8H15NO/c1-3-9(2)11-8-6-4-5-7-10(11)12;1-3-8(2)10-7-5-4-6-9(10)11;1-3-7(2)9-6-4-5-8(9)10/h9H,3-8H2,1-2H3;8H,3-7H2,1-2H3;7H,3-6H2,1-2H3. The van der Waals surface area contributed by atoms with Crippen molar-refractivity contribution in [2.24, 2.45) is 0 Å². The molecule has 3 heterocycles. The molecule has 0 spiro atoms. The summed E-state index contributed by atoms with van der Waals surface area (Å²) < 4.78 is 0. The van der Waals surface area contributed by atoms with E-state index in [-0.39, 0.29) is 0 Å².